The van der Waals surface area contributed by atoms with Crippen LogP contribution in [0.3, 0.4) is 0 Å². The van der Waals surface area contributed by atoms with Gasteiger partial charge >= 0.3 is 0 Å². The highest BCUT2D eigenvalue weighted by Gasteiger charge is 2.54. The molecule has 4 rings (SSSR count). The molecule has 0 unspecified atom stereocenters. The molecule has 0 aromatic carbocycles. The van der Waals surface area contributed by atoms with Gasteiger partial charge < -0.3 is 25.4 Å². The van der Waals surface area contributed by atoms with Crippen molar-refractivity contribution >= 4 is 28.3 Å². The van der Waals surface area contributed by atoms with E-state index in [0.717, 1.165) is 57.8 Å². The molecule has 0 radical (unpaired) electrons. The first-order chi connectivity index (χ1) is 17.4. The first kappa shape index (κ1) is 28.5. The Balaban J connectivity index is 1.40. The first-order valence-electron chi connectivity index (χ1n) is 14.0. The van der Waals surface area contributed by atoms with E-state index in [4.69, 9.17) is 9.72 Å². The molecule has 2 aliphatic carbocycles. The lowest BCUT2D eigenvalue weighted by Gasteiger charge is -2.53. The summed E-state index contributed by atoms with van der Waals surface area (Å²) in [5, 5.41) is 18.5. The van der Waals surface area contributed by atoms with Gasteiger partial charge in [-0.2, -0.15) is 0 Å². The van der Waals surface area contributed by atoms with Gasteiger partial charge in [-0.15, -0.1) is 11.3 Å². The minimum atomic E-state index is -0.562. The van der Waals surface area contributed by atoms with Crippen molar-refractivity contribution in [3.63, 3.8) is 0 Å². The fourth-order valence-corrected chi connectivity index (χ4v) is 8.15. The summed E-state index contributed by atoms with van der Waals surface area (Å²) in [7, 11) is 0. The van der Waals surface area contributed by atoms with Crippen LogP contribution in [0.2, 0.25) is 0 Å². The Morgan fingerprint density at radius 2 is 2.00 bits per heavy atom. The number of aliphatic hydroxyl groups is 1. The second kappa shape index (κ2) is 11.3. The standard InChI is InChI=1S/C28H46N4O4S/c1-17(25(35)29-9-10-32-11-13-36-14-12-32)19-7-8-28(6)15-20-23(18(2)22(28)24(19)34)31-26(37-20)30-21(33)16-27(3,4)5/h17-19,22,24,34H,7-16H2,1-6H3,(H,29,35)(H,30,31,33)/p+1/t17-,18-,19+,22+,24-,28-/m0/s1. The van der Waals surface area contributed by atoms with E-state index in [1.54, 1.807) is 11.3 Å². The fourth-order valence-electron chi connectivity index (χ4n) is 6.87. The van der Waals surface area contributed by atoms with Crippen LogP contribution < -0.4 is 15.5 Å². The molecular weight excluding hydrogens is 488 g/mol. The molecule has 9 heteroatoms. The van der Waals surface area contributed by atoms with Gasteiger partial charge in [0.1, 0.15) is 13.1 Å². The highest BCUT2D eigenvalue weighted by atomic mass is 32.1. The average molecular weight is 536 g/mol. The molecule has 2 heterocycles. The first-order valence-corrected chi connectivity index (χ1v) is 14.9. The van der Waals surface area contributed by atoms with E-state index in [1.165, 1.54) is 9.78 Å². The number of carbonyl (C=O) groups is 2. The summed E-state index contributed by atoms with van der Waals surface area (Å²) < 4.78 is 5.42. The van der Waals surface area contributed by atoms with Crippen LogP contribution in [0.4, 0.5) is 5.13 Å². The van der Waals surface area contributed by atoms with Gasteiger partial charge in [0, 0.05) is 23.1 Å². The van der Waals surface area contributed by atoms with Gasteiger partial charge in [-0.1, -0.05) is 41.5 Å². The number of amides is 2. The molecule has 208 valence electrons. The molecule has 6 atom stereocenters. The number of ether oxygens (including phenoxy) is 1. The SMILES string of the molecule is C[C@H](C(=O)NCC[NH+]1CCOCC1)[C@H]1CC[C@@]2(C)Cc3sc(NC(=O)CC(C)(C)C)nc3[C@@H](C)[C@@H]2[C@H]1O. The molecule has 8 nitrogen and oxygen atoms in total. The van der Waals surface area contributed by atoms with Crippen LogP contribution in [0.1, 0.15) is 77.3 Å². The van der Waals surface area contributed by atoms with Gasteiger partial charge in [0.2, 0.25) is 11.8 Å². The van der Waals surface area contributed by atoms with E-state index in [-0.39, 0.29) is 46.3 Å². The number of morpholine rings is 1. The molecule has 3 aliphatic rings. The van der Waals surface area contributed by atoms with Crippen molar-refractivity contribution in [3.05, 3.63) is 10.6 Å². The number of fused-ring (bicyclic) bond motifs is 2. The van der Waals surface area contributed by atoms with Gasteiger partial charge in [-0.25, -0.2) is 4.98 Å². The van der Waals surface area contributed by atoms with Crippen LogP contribution in [-0.2, 0) is 20.7 Å². The maximum absolute atomic E-state index is 13.0. The van der Waals surface area contributed by atoms with Gasteiger partial charge in [0.05, 0.1) is 38.1 Å². The molecule has 1 saturated carbocycles. The summed E-state index contributed by atoms with van der Waals surface area (Å²) >= 11 is 1.58. The minimum Gasteiger partial charge on any atom is -0.392 e. The Kier molecular flexibility index (Phi) is 8.68. The lowest BCUT2D eigenvalue weighted by Crippen LogP contribution is -3.14. The number of nitrogens with one attached hydrogen (secondary N) is 3. The van der Waals surface area contributed by atoms with E-state index in [2.05, 4.69) is 45.3 Å². The summed E-state index contributed by atoms with van der Waals surface area (Å²) in [6.07, 6.45) is 2.56. The summed E-state index contributed by atoms with van der Waals surface area (Å²) in [6.45, 7) is 17.7. The number of carbonyl (C=O) groups excluding carboxylic acids is 2. The smallest absolute Gasteiger partial charge is 0.226 e. The van der Waals surface area contributed by atoms with Crippen molar-refractivity contribution in [2.45, 2.75) is 79.2 Å². The van der Waals surface area contributed by atoms with Gasteiger partial charge in [-0.05, 0) is 41.9 Å². The predicted octanol–water partition coefficient (Wildman–Crippen LogP) is 2.24. The third kappa shape index (κ3) is 6.54. The highest BCUT2D eigenvalue weighted by Crippen LogP contribution is 2.57. The molecule has 2 amide bonds. The molecule has 1 aliphatic heterocycles. The third-order valence-corrected chi connectivity index (χ3v) is 9.88. The monoisotopic (exact) mass is 535 g/mol. The molecule has 1 aromatic rings. The summed E-state index contributed by atoms with van der Waals surface area (Å²) in [5.74, 6) is -0.173. The second-order valence-electron chi connectivity index (χ2n) is 13.1. The van der Waals surface area contributed by atoms with E-state index in [9.17, 15) is 14.7 Å². The number of hydrogen-bond donors (Lipinski definition) is 4. The summed E-state index contributed by atoms with van der Waals surface area (Å²) in [6, 6.07) is 0. The maximum Gasteiger partial charge on any atom is 0.226 e. The van der Waals surface area contributed by atoms with Crippen LogP contribution in [0.5, 0.6) is 0 Å². The molecule has 1 aromatic heterocycles. The Labute approximate surface area is 225 Å². The van der Waals surface area contributed by atoms with E-state index < -0.39 is 6.10 Å². The minimum absolute atomic E-state index is 0.00923. The number of aromatic nitrogens is 1. The van der Waals surface area contributed by atoms with Crippen molar-refractivity contribution in [1.29, 1.82) is 0 Å². The molecular formula is C28H47N4O4S+. The van der Waals surface area contributed by atoms with Crippen LogP contribution in [0.15, 0.2) is 0 Å². The van der Waals surface area contributed by atoms with Gasteiger partial charge in [0.15, 0.2) is 5.13 Å². The Morgan fingerprint density at radius 1 is 1.30 bits per heavy atom. The van der Waals surface area contributed by atoms with Crippen LogP contribution in [0.25, 0.3) is 0 Å². The number of rotatable bonds is 7. The lowest BCUT2D eigenvalue weighted by atomic mass is 9.53. The van der Waals surface area contributed by atoms with Crippen molar-refractivity contribution in [1.82, 2.24) is 10.3 Å². The molecule has 0 spiro atoms. The molecule has 2 fully saturated rings. The van der Waals surface area contributed by atoms with Crippen molar-refractivity contribution < 1.29 is 24.3 Å². The molecule has 0 bridgehead atoms. The molecule has 4 N–H and O–H groups in total. The predicted molar refractivity (Wildman–Crippen MR) is 146 cm³/mol. The summed E-state index contributed by atoms with van der Waals surface area (Å²) in [4.78, 5) is 33.1. The topological polar surface area (TPSA) is 105 Å². The normalized spacial score (nSPS) is 31.2. The van der Waals surface area contributed by atoms with E-state index in [0.29, 0.717) is 18.1 Å². The number of anilines is 1. The Hall–Kier alpha value is -1.55. The lowest BCUT2D eigenvalue weighted by molar-refractivity contribution is -0.906. The number of hydrogen-bond acceptors (Lipinski definition) is 6. The fraction of sp³-hybridized carbons (Fsp3) is 0.821. The molecule has 37 heavy (non-hydrogen) atoms. The third-order valence-electron chi connectivity index (χ3n) is 8.89. The Bertz CT molecular complexity index is 970. The second-order valence-corrected chi connectivity index (χ2v) is 14.2. The number of nitrogens with zero attached hydrogens (tertiary/aromatic N) is 1. The van der Waals surface area contributed by atoms with E-state index >= 15 is 0 Å². The largest absolute Gasteiger partial charge is 0.392 e. The van der Waals surface area contributed by atoms with E-state index in [1.807, 2.05) is 6.92 Å². The van der Waals surface area contributed by atoms with Gasteiger partial charge in [-0.3, -0.25) is 9.59 Å². The zero-order chi connectivity index (χ0) is 27.0. The quantitative estimate of drug-likeness (QED) is 0.429. The van der Waals surface area contributed by atoms with Crippen LogP contribution >= 0.6 is 11.3 Å². The Morgan fingerprint density at radius 3 is 2.68 bits per heavy atom. The van der Waals surface area contributed by atoms with Gasteiger partial charge in [0.25, 0.3) is 0 Å². The molecule has 1 saturated heterocycles. The van der Waals surface area contributed by atoms with Crippen molar-refractivity contribution in [2.75, 3.05) is 44.7 Å². The number of quaternary nitrogens is 1. The van der Waals surface area contributed by atoms with Crippen molar-refractivity contribution in [3.8, 4) is 0 Å². The summed E-state index contributed by atoms with van der Waals surface area (Å²) in [5.41, 5.74) is 0.878. The maximum atomic E-state index is 13.0. The van der Waals surface area contributed by atoms with Crippen molar-refractivity contribution in [2.24, 2.45) is 28.6 Å². The number of aliphatic hydroxyl groups excluding tert-OH is 1. The van der Waals surface area contributed by atoms with Crippen LogP contribution in [0, 0.1) is 28.6 Å². The average Bonchev–Trinajstić information content (AvgIpc) is 3.19. The zero-order valence-corrected chi connectivity index (χ0v) is 24.3. The van der Waals surface area contributed by atoms with Crippen LogP contribution in [-0.4, -0.2) is 67.4 Å². The highest BCUT2D eigenvalue weighted by molar-refractivity contribution is 7.15. The number of thiazole rings is 1. The zero-order valence-electron chi connectivity index (χ0n) is 23.5.